The van der Waals surface area contributed by atoms with Gasteiger partial charge >= 0.3 is 0 Å². The Kier molecular flexibility index (Phi) is 3.76. The smallest absolute Gasteiger partial charge is 0.164 e. The Morgan fingerprint density at radius 1 is 1.16 bits per heavy atom. The van der Waals surface area contributed by atoms with Gasteiger partial charge in [-0.3, -0.25) is 4.79 Å². The van der Waals surface area contributed by atoms with Gasteiger partial charge in [0.2, 0.25) is 0 Å². The summed E-state index contributed by atoms with van der Waals surface area (Å²) >= 11 is 0. The maximum absolute atomic E-state index is 11.9. The molecule has 0 N–H and O–H groups in total. The average molecular weight is 259 g/mol. The number of carbonyl (C=O) groups is 1. The molecule has 0 amide bonds. The van der Waals surface area contributed by atoms with Crippen LogP contribution >= 0.6 is 0 Å². The van der Waals surface area contributed by atoms with Gasteiger partial charge in [-0.15, -0.1) is 0 Å². The molecular weight excluding hydrogens is 234 g/mol. The van der Waals surface area contributed by atoms with E-state index < -0.39 is 0 Å². The molecule has 3 rings (SSSR count). The highest BCUT2D eigenvalue weighted by molar-refractivity contribution is 5.98. The maximum atomic E-state index is 11.9. The molecule has 0 unspecified atom stereocenters. The molecule has 2 aliphatic rings. The molecule has 0 aliphatic heterocycles. The fourth-order valence-electron chi connectivity index (χ4n) is 3.86. The van der Waals surface area contributed by atoms with E-state index in [4.69, 9.17) is 0 Å². The molecule has 1 aromatic rings. The Morgan fingerprint density at radius 3 is 2.63 bits per heavy atom. The van der Waals surface area contributed by atoms with E-state index in [0.29, 0.717) is 5.78 Å². The van der Waals surface area contributed by atoms with Gasteiger partial charge in [-0.25, -0.2) is 0 Å². The van der Waals surface area contributed by atoms with Crippen molar-refractivity contribution in [2.45, 2.75) is 64.8 Å². The van der Waals surface area contributed by atoms with Crippen molar-refractivity contribution in [1.82, 2.24) is 4.57 Å². The predicted octanol–water partition coefficient (Wildman–Crippen LogP) is 4.22. The molecule has 104 valence electrons. The number of Topliss-reactive ketones (excluding diaryl/α,β-unsaturated/α-hetero) is 1. The molecule has 0 radical (unpaired) electrons. The summed E-state index contributed by atoms with van der Waals surface area (Å²) in [5.41, 5.74) is 2.32. The molecule has 0 atom stereocenters. The number of ketones is 1. The molecule has 0 aromatic carbocycles. The van der Waals surface area contributed by atoms with Gasteiger partial charge in [0.05, 0.1) is 0 Å². The summed E-state index contributed by atoms with van der Waals surface area (Å²) in [7, 11) is 0. The monoisotopic (exact) mass is 259 g/mol. The van der Waals surface area contributed by atoms with E-state index in [9.17, 15) is 4.79 Å². The lowest BCUT2D eigenvalue weighted by Crippen LogP contribution is -2.20. The zero-order valence-corrected chi connectivity index (χ0v) is 12.0. The molecule has 0 bridgehead atoms. The van der Waals surface area contributed by atoms with Crippen LogP contribution in [0.3, 0.4) is 0 Å². The topological polar surface area (TPSA) is 22.0 Å². The lowest BCUT2D eigenvalue weighted by Gasteiger charge is -2.29. The van der Waals surface area contributed by atoms with Crippen molar-refractivity contribution in [1.29, 1.82) is 0 Å². The quantitative estimate of drug-likeness (QED) is 0.796. The Morgan fingerprint density at radius 2 is 1.89 bits per heavy atom. The van der Waals surface area contributed by atoms with Crippen LogP contribution in [-0.4, -0.2) is 10.4 Å². The van der Waals surface area contributed by atoms with Crippen molar-refractivity contribution in [2.24, 2.45) is 11.8 Å². The van der Waals surface area contributed by atoms with Gasteiger partial charge in [-0.2, -0.15) is 0 Å². The Hall–Kier alpha value is -1.05. The number of carbonyl (C=O) groups excluding carboxylic acids is 1. The largest absolute Gasteiger partial charge is 0.350 e. The number of nitrogens with zero attached hydrogens (tertiary/aromatic N) is 1. The molecule has 0 spiro atoms. The van der Waals surface area contributed by atoms with E-state index in [1.165, 1.54) is 37.8 Å². The lowest BCUT2D eigenvalue weighted by molar-refractivity contribution is 0.0971. The lowest BCUT2D eigenvalue weighted by atomic mass is 9.81. The summed E-state index contributed by atoms with van der Waals surface area (Å²) in [5.74, 6) is 2.16. The first kappa shape index (κ1) is 13.0. The van der Waals surface area contributed by atoms with Crippen LogP contribution in [0.4, 0.5) is 0 Å². The fourth-order valence-corrected chi connectivity index (χ4v) is 3.86. The van der Waals surface area contributed by atoms with Crippen molar-refractivity contribution in [3.8, 4) is 0 Å². The van der Waals surface area contributed by atoms with E-state index in [0.717, 1.165) is 43.2 Å². The first-order valence-corrected chi connectivity index (χ1v) is 7.99. The predicted molar refractivity (Wildman–Crippen MR) is 77.4 cm³/mol. The highest BCUT2D eigenvalue weighted by Gasteiger charge is 2.24. The number of rotatable bonds is 3. The third-order valence-corrected chi connectivity index (χ3v) is 5.20. The third-order valence-electron chi connectivity index (χ3n) is 5.20. The molecule has 1 saturated carbocycles. The second kappa shape index (κ2) is 5.52. The zero-order chi connectivity index (χ0) is 13.2. The number of fused-ring (bicyclic) bond motifs is 1. The minimum atomic E-state index is 0.356. The first-order valence-electron chi connectivity index (χ1n) is 7.99. The SMILES string of the molecule is CCC1CCC(Cn2ccc3c2CCCC3=O)CC1. The van der Waals surface area contributed by atoms with E-state index >= 15 is 0 Å². The van der Waals surface area contributed by atoms with Crippen LogP contribution in [-0.2, 0) is 13.0 Å². The second-order valence-electron chi connectivity index (χ2n) is 6.40. The van der Waals surface area contributed by atoms with E-state index in [1.807, 2.05) is 0 Å². The fraction of sp³-hybridized carbons (Fsp3) is 0.706. The molecule has 0 saturated heterocycles. The van der Waals surface area contributed by atoms with Crippen LogP contribution in [0.2, 0.25) is 0 Å². The van der Waals surface area contributed by atoms with E-state index in [2.05, 4.69) is 23.8 Å². The van der Waals surface area contributed by atoms with Crippen molar-refractivity contribution in [3.05, 3.63) is 23.5 Å². The molecule has 1 aromatic heterocycles. The number of aromatic nitrogens is 1. The van der Waals surface area contributed by atoms with Crippen LogP contribution in [0.1, 0.15) is 67.9 Å². The van der Waals surface area contributed by atoms with Crippen molar-refractivity contribution in [2.75, 3.05) is 0 Å². The van der Waals surface area contributed by atoms with Crippen molar-refractivity contribution < 1.29 is 4.79 Å². The Bertz CT molecular complexity index is 452. The Labute approximate surface area is 116 Å². The minimum Gasteiger partial charge on any atom is -0.350 e. The first-order chi connectivity index (χ1) is 9.28. The van der Waals surface area contributed by atoms with Crippen LogP contribution in [0.25, 0.3) is 0 Å². The van der Waals surface area contributed by atoms with Crippen molar-refractivity contribution in [3.63, 3.8) is 0 Å². The van der Waals surface area contributed by atoms with Gasteiger partial charge in [-0.05, 0) is 43.6 Å². The molecule has 2 heteroatoms. The third kappa shape index (κ3) is 2.63. The van der Waals surface area contributed by atoms with Crippen LogP contribution in [0, 0.1) is 11.8 Å². The van der Waals surface area contributed by atoms with Gasteiger partial charge in [0.15, 0.2) is 5.78 Å². The number of hydrogen-bond acceptors (Lipinski definition) is 1. The Balaban J connectivity index is 1.66. The van der Waals surface area contributed by atoms with Gasteiger partial charge in [0.1, 0.15) is 0 Å². The summed E-state index contributed by atoms with van der Waals surface area (Å²) in [6, 6.07) is 2.05. The summed E-state index contributed by atoms with van der Waals surface area (Å²) < 4.78 is 2.38. The number of hydrogen-bond donors (Lipinski definition) is 0. The molecular formula is C17H25NO. The van der Waals surface area contributed by atoms with Crippen LogP contribution < -0.4 is 0 Å². The van der Waals surface area contributed by atoms with Crippen LogP contribution in [0.15, 0.2) is 12.3 Å². The standard InChI is InChI=1S/C17H25NO/c1-2-13-6-8-14(9-7-13)12-18-11-10-15-16(18)4-3-5-17(15)19/h10-11,13-14H,2-9,12H2,1H3. The molecule has 1 fully saturated rings. The van der Waals surface area contributed by atoms with Crippen LogP contribution in [0.5, 0.6) is 0 Å². The summed E-state index contributed by atoms with van der Waals surface area (Å²) in [6.07, 6.45) is 11.9. The normalized spacial score (nSPS) is 27.3. The second-order valence-corrected chi connectivity index (χ2v) is 6.40. The van der Waals surface area contributed by atoms with Crippen molar-refractivity contribution >= 4 is 5.78 Å². The summed E-state index contributed by atoms with van der Waals surface area (Å²) in [5, 5.41) is 0. The maximum Gasteiger partial charge on any atom is 0.164 e. The highest BCUT2D eigenvalue weighted by Crippen LogP contribution is 2.32. The molecule has 19 heavy (non-hydrogen) atoms. The summed E-state index contributed by atoms with van der Waals surface area (Å²) in [4.78, 5) is 11.9. The van der Waals surface area contributed by atoms with Gasteiger partial charge < -0.3 is 4.57 Å². The zero-order valence-electron chi connectivity index (χ0n) is 12.0. The molecule has 2 nitrogen and oxygen atoms in total. The van der Waals surface area contributed by atoms with Gasteiger partial charge in [0.25, 0.3) is 0 Å². The van der Waals surface area contributed by atoms with Gasteiger partial charge in [-0.1, -0.05) is 26.2 Å². The van der Waals surface area contributed by atoms with Gasteiger partial charge in [0, 0.05) is 30.4 Å². The summed E-state index contributed by atoms with van der Waals surface area (Å²) in [6.45, 7) is 3.46. The van der Waals surface area contributed by atoms with E-state index in [-0.39, 0.29) is 0 Å². The molecule has 1 heterocycles. The minimum absolute atomic E-state index is 0.356. The average Bonchev–Trinajstić information content (AvgIpc) is 2.84. The highest BCUT2D eigenvalue weighted by atomic mass is 16.1. The molecule has 2 aliphatic carbocycles. The van der Waals surface area contributed by atoms with E-state index in [1.54, 1.807) is 0 Å².